The molecule has 25 atom stereocenters. The van der Waals surface area contributed by atoms with Crippen molar-refractivity contribution < 1.29 is 88.8 Å². The molecule has 0 heterocycles. The lowest BCUT2D eigenvalue weighted by Gasteiger charge is -2.50. The summed E-state index contributed by atoms with van der Waals surface area (Å²) in [4.78, 5) is 117. The smallest absolute Gasteiger partial charge is 0.335 e. The number of fused-ring (bicyclic) bond motifs is 25. The van der Waals surface area contributed by atoms with Gasteiger partial charge in [-0.1, -0.05) is 132 Å². The molecule has 3 unspecified atom stereocenters. The second kappa shape index (κ2) is 40.9. The van der Waals surface area contributed by atoms with Crippen molar-refractivity contribution in [1.82, 2.24) is 0 Å². The molecule has 9 aromatic rings. The lowest BCUT2D eigenvalue weighted by Crippen LogP contribution is -2.44. The molecule has 4 amide bonds. The standard InChI is InChI=1S/C27H31NO4.C27H29NO4.C27H27NO4.C27H33NO3.C19H22O3/c3*1-27-10-9-21-20-7-6-18(26(31)32)13-16(20)5-8-22(21)23(27)14-19(24(27)29)12-15-3-2-4-17(11-15)25(28)30;1-27-10-9-22-21-7-5-17(15-29)13-18(21)6-8-23(22)24(27)14-20(25(27)30)12-16-3-2-4-19(11-16)26(28)31;1-19-9-8-14-13-4-3-12(18(21)22)10-11(13)2-5-15(14)16(19)6-7-17(19)20/h2-4,6-7,11,13,19,21-24,29H,5,8-10,12,14H2,1H3,(H2,28,30)(H,31,32);2-4,6-7,11-13,21-24,29H,5,8-10,14H2,1H3,(H2,28,30)(H,31,32);2-4,6-7,11-13,21-23H,5,8-10,14H2,1H3,(H2,28,30)(H,31,32);2-5,7,11,13,20,22-25,29-30H,6,8-10,12,14-15H2,1H3,(H2,28,31);3-4,10,14-16H,2,5-9H2,1H3,(H,21,22)/b;2*19-12+;;/t19-,21+,22+,23-,24-,27-;21-,22-,23+,24+,27+;21-,22-,23+,27+;20-,22+,23+,24-,25-,27-;14?,15?,16?,19-/m01100/s1. The van der Waals surface area contributed by atoms with Gasteiger partial charge in [0.05, 0.1) is 47.2 Å². The number of aromatic carboxylic acids is 4. The SMILES string of the molecule is C[C@]12CCC3c4ccc(C(=O)O)cc4CCC3C1CCC2=O.C[C@]12CC[C@@H]3c4ccc(C(=O)O)cc4CC[C@H]3[C@@H]1C/C(=C\c1cccc(C(N)=O)c1)C2=O.C[C@]12CC[C@@H]3c4ccc(C(=O)O)cc4CC[C@H]3[C@@H]1C/C(=C\c1cccc(C(N)=O)c1)[C@@H]2O.C[C@]12CC[C@@H]3c4ccc(C(=O)O)cc4CC[C@H]3[C@@H]1C[C@H](Cc1cccc(C(N)=O)c1)[C@@H]2O.C[C@]12CC[C@@H]3c4ccc(CO)cc4CC[C@H]3[C@@H]1C[C@H](Cc1cccc(C(N)=O)c1)[C@@H]2O. The van der Waals surface area contributed by atoms with E-state index in [-0.39, 0.29) is 69.4 Å². The van der Waals surface area contributed by atoms with E-state index in [0.717, 1.165) is 218 Å². The van der Waals surface area contributed by atoms with Crippen LogP contribution in [0, 0.1) is 98.1 Å². The highest BCUT2D eigenvalue weighted by molar-refractivity contribution is 6.06. The maximum absolute atomic E-state index is 13.5. The molecule has 15 aliphatic rings. The van der Waals surface area contributed by atoms with Crippen LogP contribution in [-0.2, 0) is 61.1 Å². The van der Waals surface area contributed by atoms with Crippen LogP contribution in [0.3, 0.4) is 0 Å². The van der Waals surface area contributed by atoms with Gasteiger partial charge in [-0.3, -0.25) is 28.8 Å². The molecule has 0 bridgehead atoms. The molecule has 15 aliphatic carbocycles. The van der Waals surface area contributed by atoms with Gasteiger partial charge >= 0.3 is 23.9 Å². The van der Waals surface area contributed by atoms with Crippen molar-refractivity contribution in [1.29, 1.82) is 0 Å². The number of allylic oxidation sites excluding steroid dienone is 1. The highest BCUT2D eigenvalue weighted by Gasteiger charge is 2.63. The molecule has 22 nitrogen and oxygen atoms in total. The summed E-state index contributed by atoms with van der Waals surface area (Å²) in [5.41, 5.74) is 44.1. The molecule has 9 aromatic carbocycles. The summed E-state index contributed by atoms with van der Waals surface area (Å²) < 4.78 is 0. The molecular formula is C127H142N4O18. The number of primary amides is 4. The first-order valence-electron chi connectivity index (χ1n) is 54.5. The second-order valence-corrected chi connectivity index (χ2v) is 48.1. The van der Waals surface area contributed by atoms with Crippen LogP contribution in [0.25, 0.3) is 12.2 Å². The number of nitrogens with two attached hydrogens (primary N) is 4. The Morgan fingerprint density at radius 1 is 0.329 bits per heavy atom. The van der Waals surface area contributed by atoms with Gasteiger partial charge in [-0.15, -0.1) is 0 Å². The third kappa shape index (κ3) is 19.2. The molecule has 0 spiro atoms. The van der Waals surface area contributed by atoms with Gasteiger partial charge in [0.15, 0.2) is 5.78 Å². The molecular weight excluding hydrogens is 1870 g/mol. The van der Waals surface area contributed by atoms with Crippen LogP contribution in [0.4, 0.5) is 0 Å². The van der Waals surface area contributed by atoms with E-state index in [4.69, 9.17) is 28.0 Å². The largest absolute Gasteiger partial charge is 0.478 e. The zero-order chi connectivity index (χ0) is 105. The number of hydrogen-bond acceptors (Lipinski definition) is 14. The molecule has 22 heteroatoms. The van der Waals surface area contributed by atoms with E-state index in [0.29, 0.717) is 133 Å². The Kier molecular flexibility index (Phi) is 28.5. The summed E-state index contributed by atoms with van der Waals surface area (Å²) in [5, 5.41) is 80.9. The lowest BCUT2D eigenvalue weighted by atomic mass is 9.55. The Hall–Kier alpha value is -12.6. The van der Waals surface area contributed by atoms with E-state index < -0.39 is 53.6 Å². The fraction of sp³-hybridized carbons (Fsp3) is 0.465. The Morgan fingerprint density at radius 3 is 1.07 bits per heavy atom. The highest BCUT2D eigenvalue weighted by atomic mass is 16.4. The lowest BCUT2D eigenvalue weighted by molar-refractivity contribution is -0.129. The minimum Gasteiger partial charge on any atom is -0.478 e. The van der Waals surface area contributed by atoms with Crippen molar-refractivity contribution in [3.05, 3.63) is 327 Å². The topological polar surface area (TPSA) is 437 Å². The van der Waals surface area contributed by atoms with Gasteiger partial charge in [0.1, 0.15) is 5.78 Å². The first-order chi connectivity index (χ1) is 71.2. The van der Waals surface area contributed by atoms with Crippen molar-refractivity contribution in [2.45, 2.75) is 269 Å². The summed E-state index contributed by atoms with van der Waals surface area (Å²) in [6.07, 6.45) is 29.8. The molecule has 0 aliphatic heterocycles. The fourth-order valence-corrected chi connectivity index (χ4v) is 33.1. The van der Waals surface area contributed by atoms with Crippen LogP contribution < -0.4 is 22.9 Å². The summed E-state index contributed by atoms with van der Waals surface area (Å²) in [7, 11) is 0. The van der Waals surface area contributed by atoms with Gasteiger partial charge in [-0.2, -0.15) is 0 Å². The van der Waals surface area contributed by atoms with Crippen LogP contribution in [0.15, 0.2) is 199 Å². The molecule has 0 aromatic heterocycles. The molecule has 0 saturated heterocycles. The predicted molar refractivity (Wildman–Crippen MR) is 569 cm³/mol. The van der Waals surface area contributed by atoms with Crippen LogP contribution in [0.2, 0.25) is 0 Å². The molecule has 10 fully saturated rings. The summed E-state index contributed by atoms with van der Waals surface area (Å²) >= 11 is 0. The predicted octanol–water partition coefficient (Wildman–Crippen LogP) is 20.9. The van der Waals surface area contributed by atoms with Crippen molar-refractivity contribution in [3.63, 3.8) is 0 Å². The normalized spacial score (nSPS) is 32.9. The van der Waals surface area contributed by atoms with Gasteiger partial charge in [0, 0.05) is 44.9 Å². The molecule has 10 saturated carbocycles. The number of aliphatic hydroxyl groups is 4. The van der Waals surface area contributed by atoms with E-state index in [9.17, 15) is 83.7 Å². The van der Waals surface area contributed by atoms with E-state index in [2.05, 4.69) is 52.8 Å². The minimum atomic E-state index is -0.886. The Morgan fingerprint density at radius 2 is 0.671 bits per heavy atom. The highest BCUT2D eigenvalue weighted by Crippen LogP contribution is 2.68. The van der Waals surface area contributed by atoms with Gasteiger partial charge in [-0.05, 0) is 483 Å². The fourth-order valence-electron chi connectivity index (χ4n) is 33.1. The Balaban J connectivity index is 0.000000113. The number of amides is 4. The summed E-state index contributed by atoms with van der Waals surface area (Å²) in [6.45, 7) is 11.2. The number of carboxylic acids is 4. The number of Topliss-reactive ketones (excluding diaryl/α,β-unsaturated/α-hetero) is 2. The van der Waals surface area contributed by atoms with Gasteiger partial charge in [-0.25, -0.2) is 19.2 Å². The minimum absolute atomic E-state index is 0.0321. The number of carboxylic acid groups (broad SMARTS) is 4. The zero-order valence-corrected chi connectivity index (χ0v) is 86.1. The molecule has 778 valence electrons. The maximum Gasteiger partial charge on any atom is 0.335 e. The third-order valence-corrected chi connectivity index (χ3v) is 40.8. The van der Waals surface area contributed by atoms with Crippen molar-refractivity contribution in [3.8, 4) is 0 Å². The van der Waals surface area contributed by atoms with E-state index in [1.807, 2.05) is 115 Å². The van der Waals surface area contributed by atoms with Crippen molar-refractivity contribution >= 4 is 71.2 Å². The Labute approximate surface area is 871 Å². The first kappa shape index (κ1) is 104. The number of carbonyl (C=O) groups excluding carboxylic acids is 6. The molecule has 0 radical (unpaired) electrons. The molecule has 24 rings (SSSR count). The number of hydrogen-bond donors (Lipinski definition) is 12. The van der Waals surface area contributed by atoms with Gasteiger partial charge in [0.2, 0.25) is 23.6 Å². The van der Waals surface area contributed by atoms with Crippen LogP contribution >= 0.6 is 0 Å². The van der Waals surface area contributed by atoms with Gasteiger partial charge in [0.25, 0.3) is 0 Å². The average molecular weight is 2010 g/mol. The van der Waals surface area contributed by atoms with Gasteiger partial charge < -0.3 is 63.8 Å². The van der Waals surface area contributed by atoms with Crippen LogP contribution in [0.1, 0.15) is 365 Å². The van der Waals surface area contributed by atoms with Crippen molar-refractivity contribution in [2.75, 3.05) is 0 Å². The quantitative estimate of drug-likeness (QED) is 0.0424. The third-order valence-electron chi connectivity index (χ3n) is 40.8. The van der Waals surface area contributed by atoms with E-state index in [1.165, 1.54) is 56.5 Å². The number of aliphatic hydroxyl groups excluding tert-OH is 4. The number of benzene rings is 9. The van der Waals surface area contributed by atoms with Crippen LogP contribution in [-0.4, -0.2) is 118 Å². The maximum atomic E-state index is 13.5. The van der Waals surface area contributed by atoms with Crippen molar-refractivity contribution in [2.24, 2.45) is 121 Å². The zero-order valence-electron chi connectivity index (χ0n) is 86.1. The first-order valence-corrected chi connectivity index (χ1v) is 54.5. The average Bonchev–Trinajstić information content (AvgIpc) is 1.59. The number of aryl methyl sites for hydroxylation is 5. The van der Waals surface area contributed by atoms with E-state index in [1.54, 1.807) is 66.7 Å². The molecule has 16 N–H and O–H groups in total. The Bertz CT molecular complexity index is 6930. The summed E-state index contributed by atoms with van der Waals surface area (Å²) in [5.74, 6) is 3.03. The second-order valence-electron chi connectivity index (χ2n) is 48.1. The summed E-state index contributed by atoms with van der Waals surface area (Å²) in [6, 6.07) is 58.4. The number of carbonyl (C=O) groups is 10. The number of ketones is 2. The number of rotatable bonds is 15. The monoisotopic (exact) mass is 2010 g/mol. The van der Waals surface area contributed by atoms with E-state index >= 15 is 0 Å². The van der Waals surface area contributed by atoms with Crippen LogP contribution in [0.5, 0.6) is 0 Å². The molecule has 149 heavy (non-hydrogen) atoms.